The molecule has 0 spiro atoms. The zero-order valence-electron chi connectivity index (χ0n) is 10.4. The molecule has 0 radical (unpaired) electrons. The summed E-state index contributed by atoms with van der Waals surface area (Å²) in [5.41, 5.74) is 0. The molecule has 0 aliphatic carbocycles. The topological polar surface area (TPSA) is 38.8 Å². The number of hydrogen-bond donors (Lipinski definition) is 0. The number of carbonyl (C=O) groups is 1. The van der Waals surface area contributed by atoms with E-state index in [4.69, 9.17) is 9.16 Å². The molecule has 88 valence electrons. The molecule has 0 amide bonds. The van der Waals surface area contributed by atoms with Gasteiger partial charge in [-0.05, 0) is 18.1 Å². The van der Waals surface area contributed by atoms with Crippen LogP contribution < -0.4 is 0 Å². The zero-order valence-corrected chi connectivity index (χ0v) is 11.4. The second-order valence-corrected chi connectivity index (χ2v) is 10.5. The lowest BCUT2D eigenvalue weighted by Crippen LogP contribution is -2.41. The molecule has 1 saturated heterocycles. The fourth-order valence-electron chi connectivity index (χ4n) is 1.02. The lowest BCUT2D eigenvalue weighted by atomic mass is 10.2. The van der Waals surface area contributed by atoms with E-state index in [1.54, 1.807) is 0 Å². The summed E-state index contributed by atoms with van der Waals surface area (Å²) < 4.78 is 10.8. The smallest absolute Gasteiger partial charge is 0.191 e. The van der Waals surface area contributed by atoms with Gasteiger partial charge >= 0.3 is 0 Å². The normalized spacial score (nSPS) is 21.5. The van der Waals surface area contributed by atoms with Gasteiger partial charge in [-0.15, -0.1) is 0 Å². The number of Topliss-reactive ketones (excluding diaryl/α,β-unsaturated/α-hetero) is 1. The minimum atomic E-state index is -1.68. The van der Waals surface area contributed by atoms with Crippen LogP contribution in [0.1, 0.15) is 27.2 Å². The lowest BCUT2D eigenvalue weighted by Gasteiger charge is -2.36. The summed E-state index contributed by atoms with van der Waals surface area (Å²) in [6.07, 6.45) is 0.380. The third-order valence-corrected chi connectivity index (χ3v) is 7.85. The first-order valence-electron chi connectivity index (χ1n) is 5.52. The van der Waals surface area contributed by atoms with Crippen LogP contribution in [0.2, 0.25) is 18.1 Å². The molecular weight excluding hydrogens is 208 g/mol. The van der Waals surface area contributed by atoms with Crippen molar-refractivity contribution < 1.29 is 14.0 Å². The van der Waals surface area contributed by atoms with Gasteiger partial charge in [-0.1, -0.05) is 20.8 Å². The standard InChI is InChI=1S/C11H22O3Si/c1-11(2,3)15(4,5)14-7-6-9(12)10-8-13-10/h10H,6-8H2,1-5H3. The van der Waals surface area contributed by atoms with Gasteiger partial charge in [0.25, 0.3) is 0 Å². The average molecular weight is 230 g/mol. The molecule has 15 heavy (non-hydrogen) atoms. The SMILES string of the molecule is CC(C)(C)[Si](C)(C)OCCC(=O)C1CO1. The van der Waals surface area contributed by atoms with Gasteiger partial charge in [0, 0.05) is 13.0 Å². The molecule has 0 bridgehead atoms. The van der Waals surface area contributed by atoms with Crippen molar-refractivity contribution in [2.45, 2.75) is 51.4 Å². The van der Waals surface area contributed by atoms with Crippen molar-refractivity contribution >= 4 is 14.1 Å². The first-order valence-corrected chi connectivity index (χ1v) is 8.43. The van der Waals surface area contributed by atoms with Crippen molar-refractivity contribution in [1.29, 1.82) is 0 Å². The molecule has 1 aliphatic heterocycles. The zero-order chi connectivity index (χ0) is 11.7. The van der Waals surface area contributed by atoms with Crippen molar-refractivity contribution in [3.8, 4) is 0 Å². The first-order chi connectivity index (χ1) is 6.74. The molecule has 0 aromatic rings. The van der Waals surface area contributed by atoms with Gasteiger partial charge in [0.1, 0.15) is 6.10 Å². The molecule has 1 rings (SSSR count). The van der Waals surface area contributed by atoms with Crippen LogP contribution in [0.4, 0.5) is 0 Å². The highest BCUT2D eigenvalue weighted by atomic mass is 28.4. The van der Waals surface area contributed by atoms with Gasteiger partial charge in [-0.2, -0.15) is 0 Å². The molecular formula is C11H22O3Si. The monoisotopic (exact) mass is 230 g/mol. The third-order valence-electron chi connectivity index (χ3n) is 3.31. The van der Waals surface area contributed by atoms with Crippen molar-refractivity contribution in [2.75, 3.05) is 13.2 Å². The first kappa shape index (κ1) is 12.9. The van der Waals surface area contributed by atoms with Crippen LogP contribution in [0.5, 0.6) is 0 Å². The number of carbonyl (C=O) groups excluding carboxylic acids is 1. The van der Waals surface area contributed by atoms with Gasteiger partial charge in [-0.3, -0.25) is 4.79 Å². The lowest BCUT2D eigenvalue weighted by molar-refractivity contribution is -0.120. The highest BCUT2D eigenvalue weighted by molar-refractivity contribution is 6.74. The maximum atomic E-state index is 11.4. The summed E-state index contributed by atoms with van der Waals surface area (Å²) in [4.78, 5) is 11.4. The Morgan fingerprint density at radius 3 is 2.40 bits per heavy atom. The molecule has 0 saturated carbocycles. The summed E-state index contributed by atoms with van der Waals surface area (Å²) in [6.45, 7) is 12.2. The number of rotatable bonds is 5. The Hall–Kier alpha value is -0.193. The molecule has 0 aromatic carbocycles. The molecule has 3 nitrogen and oxygen atoms in total. The van der Waals surface area contributed by atoms with Crippen molar-refractivity contribution in [3.63, 3.8) is 0 Å². The van der Waals surface area contributed by atoms with E-state index in [-0.39, 0.29) is 16.9 Å². The van der Waals surface area contributed by atoms with Crippen molar-refractivity contribution in [1.82, 2.24) is 0 Å². The van der Waals surface area contributed by atoms with Crippen LogP contribution in [0, 0.1) is 0 Å². The van der Waals surface area contributed by atoms with Gasteiger partial charge in [-0.25, -0.2) is 0 Å². The molecule has 1 aliphatic rings. The van der Waals surface area contributed by atoms with Crippen molar-refractivity contribution in [3.05, 3.63) is 0 Å². The van der Waals surface area contributed by atoms with Gasteiger partial charge in [0.2, 0.25) is 0 Å². The highest BCUT2D eigenvalue weighted by Gasteiger charge is 2.37. The minimum absolute atomic E-state index is 0.118. The summed E-state index contributed by atoms with van der Waals surface area (Å²) in [7, 11) is -1.68. The molecule has 0 N–H and O–H groups in total. The van der Waals surface area contributed by atoms with E-state index in [2.05, 4.69) is 33.9 Å². The quantitative estimate of drug-likeness (QED) is 0.537. The molecule has 1 heterocycles. The summed E-state index contributed by atoms with van der Waals surface area (Å²) in [6, 6.07) is 0. The largest absolute Gasteiger partial charge is 0.416 e. The fourth-order valence-corrected chi connectivity index (χ4v) is 2.06. The maximum absolute atomic E-state index is 11.4. The van der Waals surface area contributed by atoms with Gasteiger partial charge in [0.15, 0.2) is 14.1 Å². The van der Waals surface area contributed by atoms with E-state index < -0.39 is 8.32 Å². The molecule has 1 fully saturated rings. The van der Waals surface area contributed by atoms with Crippen LogP contribution in [0.25, 0.3) is 0 Å². The Labute approximate surface area is 93.3 Å². The minimum Gasteiger partial charge on any atom is -0.416 e. The van der Waals surface area contributed by atoms with Gasteiger partial charge in [0.05, 0.1) is 6.61 Å². The molecule has 0 aromatic heterocycles. The number of ether oxygens (including phenoxy) is 1. The van der Waals surface area contributed by atoms with E-state index in [1.165, 1.54) is 0 Å². The van der Waals surface area contributed by atoms with Crippen LogP contribution in [0.3, 0.4) is 0 Å². The Kier molecular flexibility index (Phi) is 3.74. The van der Waals surface area contributed by atoms with Crippen LogP contribution >= 0.6 is 0 Å². The average Bonchev–Trinajstić information content (AvgIpc) is 2.83. The molecule has 1 atom stereocenters. The molecule has 1 unspecified atom stereocenters. The van der Waals surface area contributed by atoms with E-state index in [0.29, 0.717) is 19.6 Å². The third kappa shape index (κ3) is 3.70. The Morgan fingerprint density at radius 1 is 1.47 bits per heavy atom. The van der Waals surface area contributed by atoms with Crippen LogP contribution in [0.15, 0.2) is 0 Å². The van der Waals surface area contributed by atoms with Crippen LogP contribution in [-0.4, -0.2) is 33.4 Å². The predicted molar refractivity (Wildman–Crippen MR) is 62.5 cm³/mol. The van der Waals surface area contributed by atoms with E-state index in [9.17, 15) is 4.79 Å². The van der Waals surface area contributed by atoms with E-state index in [0.717, 1.165) is 0 Å². The van der Waals surface area contributed by atoms with E-state index >= 15 is 0 Å². The van der Waals surface area contributed by atoms with Gasteiger partial charge < -0.3 is 9.16 Å². The highest BCUT2D eigenvalue weighted by Crippen LogP contribution is 2.36. The Bertz CT molecular complexity index is 239. The predicted octanol–water partition coefficient (Wildman–Crippen LogP) is 2.37. The fraction of sp³-hybridized carbons (Fsp3) is 0.909. The van der Waals surface area contributed by atoms with E-state index in [1.807, 2.05) is 0 Å². The second kappa shape index (κ2) is 4.35. The van der Waals surface area contributed by atoms with Crippen LogP contribution in [-0.2, 0) is 14.0 Å². The van der Waals surface area contributed by atoms with Crippen molar-refractivity contribution in [2.24, 2.45) is 0 Å². The maximum Gasteiger partial charge on any atom is 0.191 e. The Morgan fingerprint density at radius 2 is 2.00 bits per heavy atom. The number of hydrogen-bond acceptors (Lipinski definition) is 3. The number of ketones is 1. The summed E-state index contributed by atoms with van der Waals surface area (Å²) in [5.74, 6) is 0.189. The molecule has 4 heteroatoms. The second-order valence-electron chi connectivity index (χ2n) is 5.65. The Balaban J connectivity index is 2.26. The summed E-state index contributed by atoms with van der Waals surface area (Å²) in [5, 5.41) is 0.214. The number of epoxide rings is 1. The summed E-state index contributed by atoms with van der Waals surface area (Å²) >= 11 is 0.